The molecule has 1 aliphatic rings. The van der Waals surface area contributed by atoms with Crippen molar-refractivity contribution in [1.29, 1.82) is 0 Å². The first-order valence-electron chi connectivity index (χ1n) is 8.33. The van der Waals surface area contributed by atoms with Gasteiger partial charge in [0.15, 0.2) is 0 Å². The highest BCUT2D eigenvalue weighted by Crippen LogP contribution is 2.28. The van der Waals surface area contributed by atoms with Crippen molar-refractivity contribution in [2.45, 2.75) is 18.8 Å². The molecule has 6 nitrogen and oxygen atoms in total. The molecular weight excluding hydrogens is 342 g/mol. The first-order chi connectivity index (χ1) is 12.6. The summed E-state index contributed by atoms with van der Waals surface area (Å²) in [7, 11) is 0. The molecule has 1 aliphatic heterocycles. The van der Waals surface area contributed by atoms with E-state index in [0.29, 0.717) is 30.2 Å². The van der Waals surface area contributed by atoms with Crippen LogP contribution in [0.25, 0.3) is 11.5 Å². The summed E-state index contributed by atoms with van der Waals surface area (Å²) in [6.07, 6.45) is 2.83. The molecule has 26 heavy (non-hydrogen) atoms. The van der Waals surface area contributed by atoms with Gasteiger partial charge in [0.25, 0.3) is 5.91 Å². The largest absolute Gasteiger partial charge is 0.356 e. The Morgan fingerprint density at radius 1 is 1.23 bits per heavy atom. The summed E-state index contributed by atoms with van der Waals surface area (Å²) in [6.45, 7) is 1.06. The van der Waals surface area contributed by atoms with Gasteiger partial charge in [-0.1, -0.05) is 5.16 Å². The van der Waals surface area contributed by atoms with E-state index in [-0.39, 0.29) is 23.5 Å². The zero-order valence-electron chi connectivity index (χ0n) is 13.8. The van der Waals surface area contributed by atoms with Crippen LogP contribution in [0.5, 0.6) is 0 Å². The molecule has 3 aromatic rings. The quantitative estimate of drug-likeness (QED) is 0.779. The number of aromatic amines is 1. The van der Waals surface area contributed by atoms with Crippen LogP contribution in [-0.2, 0) is 0 Å². The number of hydrogen-bond acceptors (Lipinski definition) is 4. The molecule has 0 unspecified atom stereocenters. The van der Waals surface area contributed by atoms with Crippen LogP contribution < -0.4 is 0 Å². The number of rotatable bonds is 3. The number of amides is 1. The summed E-state index contributed by atoms with van der Waals surface area (Å²) in [5, 5.41) is 3.88. The smallest absolute Gasteiger partial charge is 0.253 e. The first-order valence-corrected chi connectivity index (χ1v) is 8.33. The van der Waals surface area contributed by atoms with Crippen molar-refractivity contribution in [3.8, 4) is 11.5 Å². The minimum atomic E-state index is -0.403. The van der Waals surface area contributed by atoms with Crippen LogP contribution >= 0.6 is 0 Å². The van der Waals surface area contributed by atoms with Gasteiger partial charge >= 0.3 is 0 Å². The van der Waals surface area contributed by atoms with E-state index in [1.54, 1.807) is 4.90 Å². The highest BCUT2D eigenvalue weighted by atomic mass is 19.1. The maximum Gasteiger partial charge on any atom is 0.253 e. The molecular formula is C18H16F2N4O2. The molecule has 1 N–H and O–H groups in total. The number of carbonyl (C=O) groups is 1. The van der Waals surface area contributed by atoms with Gasteiger partial charge in [-0.25, -0.2) is 8.78 Å². The molecule has 0 bridgehead atoms. The molecule has 1 atom stereocenters. The predicted octanol–water partition coefficient (Wildman–Crippen LogP) is 3.36. The summed E-state index contributed by atoms with van der Waals surface area (Å²) in [4.78, 5) is 21.4. The van der Waals surface area contributed by atoms with Gasteiger partial charge in [-0.05, 0) is 37.1 Å². The van der Waals surface area contributed by atoms with Crippen LogP contribution in [0.2, 0.25) is 0 Å². The van der Waals surface area contributed by atoms with Gasteiger partial charge in [0.2, 0.25) is 11.7 Å². The number of aromatic nitrogens is 3. The lowest BCUT2D eigenvalue weighted by Gasteiger charge is -2.31. The Balaban J connectivity index is 1.49. The summed E-state index contributed by atoms with van der Waals surface area (Å²) in [5.41, 5.74) is 0.882. The highest BCUT2D eigenvalue weighted by Gasteiger charge is 2.29. The molecule has 1 fully saturated rings. The van der Waals surface area contributed by atoms with E-state index in [4.69, 9.17) is 4.52 Å². The summed E-state index contributed by atoms with van der Waals surface area (Å²) >= 11 is 0. The Morgan fingerprint density at radius 3 is 2.77 bits per heavy atom. The fourth-order valence-corrected chi connectivity index (χ4v) is 3.15. The lowest BCUT2D eigenvalue weighted by Crippen LogP contribution is -2.39. The van der Waals surface area contributed by atoms with Crippen LogP contribution in [-0.4, -0.2) is 39.0 Å². The zero-order chi connectivity index (χ0) is 18.1. The van der Waals surface area contributed by atoms with Gasteiger partial charge in [-0.15, -0.1) is 0 Å². The van der Waals surface area contributed by atoms with Gasteiger partial charge < -0.3 is 14.4 Å². The zero-order valence-corrected chi connectivity index (χ0v) is 13.8. The van der Waals surface area contributed by atoms with E-state index in [1.165, 1.54) is 36.5 Å². The van der Waals surface area contributed by atoms with E-state index >= 15 is 0 Å². The van der Waals surface area contributed by atoms with Crippen molar-refractivity contribution in [3.05, 3.63) is 59.6 Å². The SMILES string of the molecule is O=C(c1ccc(F)cc1)N1CCC[C@H](c2nc(-c3cc(F)c[nH]3)no2)C1. The number of hydrogen-bond donors (Lipinski definition) is 1. The van der Waals surface area contributed by atoms with E-state index in [1.807, 2.05) is 0 Å². The monoisotopic (exact) mass is 358 g/mol. The number of nitrogens with one attached hydrogen (secondary N) is 1. The van der Waals surface area contributed by atoms with Crippen molar-refractivity contribution >= 4 is 5.91 Å². The van der Waals surface area contributed by atoms with Gasteiger partial charge in [0.1, 0.15) is 11.6 Å². The van der Waals surface area contributed by atoms with Crippen LogP contribution in [0.4, 0.5) is 8.78 Å². The molecule has 0 spiro atoms. The second-order valence-electron chi connectivity index (χ2n) is 6.29. The fourth-order valence-electron chi connectivity index (χ4n) is 3.15. The second-order valence-corrected chi connectivity index (χ2v) is 6.29. The number of H-pyrrole nitrogens is 1. The lowest BCUT2D eigenvalue weighted by molar-refractivity contribution is 0.0695. The van der Waals surface area contributed by atoms with E-state index in [9.17, 15) is 13.6 Å². The normalized spacial score (nSPS) is 17.5. The summed E-state index contributed by atoms with van der Waals surface area (Å²) in [6, 6.07) is 6.79. The van der Waals surface area contributed by atoms with Gasteiger partial charge in [-0.2, -0.15) is 4.98 Å². The number of likely N-dealkylation sites (tertiary alicyclic amines) is 1. The van der Waals surface area contributed by atoms with Gasteiger partial charge in [-0.3, -0.25) is 4.79 Å². The van der Waals surface area contributed by atoms with Gasteiger partial charge in [0.05, 0.1) is 11.6 Å². The molecule has 4 rings (SSSR count). The molecule has 8 heteroatoms. The lowest BCUT2D eigenvalue weighted by atomic mass is 9.97. The third kappa shape index (κ3) is 3.22. The number of carbonyl (C=O) groups excluding carboxylic acids is 1. The average Bonchev–Trinajstić information content (AvgIpc) is 3.31. The maximum absolute atomic E-state index is 13.1. The van der Waals surface area contributed by atoms with Crippen LogP contribution in [0.1, 0.15) is 35.0 Å². The van der Waals surface area contributed by atoms with E-state index < -0.39 is 5.82 Å². The molecule has 1 saturated heterocycles. The number of piperidine rings is 1. The van der Waals surface area contributed by atoms with Crippen LogP contribution in [0, 0.1) is 11.6 Å². The van der Waals surface area contributed by atoms with Crippen molar-refractivity contribution in [2.75, 3.05) is 13.1 Å². The minimum absolute atomic E-state index is 0.0887. The summed E-state index contributed by atoms with van der Waals surface area (Å²) < 4.78 is 31.5. The van der Waals surface area contributed by atoms with E-state index in [2.05, 4.69) is 15.1 Å². The Kier molecular flexibility index (Phi) is 4.24. The molecule has 0 aliphatic carbocycles. The Hall–Kier alpha value is -3.03. The molecule has 3 heterocycles. The van der Waals surface area contributed by atoms with Crippen LogP contribution in [0.15, 0.2) is 41.1 Å². The second kappa shape index (κ2) is 6.70. The molecule has 0 saturated carbocycles. The van der Waals surface area contributed by atoms with Crippen LogP contribution in [0.3, 0.4) is 0 Å². The molecule has 1 amide bonds. The number of benzene rings is 1. The van der Waals surface area contributed by atoms with Crippen molar-refractivity contribution in [2.24, 2.45) is 0 Å². The molecule has 1 aromatic carbocycles. The molecule has 134 valence electrons. The fraction of sp³-hybridized carbons (Fsp3) is 0.278. The van der Waals surface area contributed by atoms with Crippen molar-refractivity contribution in [1.82, 2.24) is 20.0 Å². The first kappa shape index (κ1) is 16.4. The van der Waals surface area contributed by atoms with Gasteiger partial charge in [0, 0.05) is 30.9 Å². The standard InChI is InChI=1S/C18H16F2N4O2/c19-13-5-3-11(4-6-13)18(25)24-7-1-2-12(10-24)17-22-16(23-26-17)15-8-14(20)9-21-15/h3-6,8-9,12,21H,1-2,7,10H2/t12-/m0/s1. The topological polar surface area (TPSA) is 75.0 Å². The third-order valence-corrected chi connectivity index (χ3v) is 4.48. The Morgan fingerprint density at radius 2 is 2.04 bits per heavy atom. The highest BCUT2D eigenvalue weighted by molar-refractivity contribution is 5.94. The number of halogens is 2. The Labute approximate surface area is 147 Å². The molecule has 0 radical (unpaired) electrons. The summed E-state index contributed by atoms with van der Waals surface area (Å²) in [5.74, 6) is -0.315. The minimum Gasteiger partial charge on any atom is -0.356 e. The van der Waals surface area contributed by atoms with Crippen molar-refractivity contribution < 1.29 is 18.1 Å². The third-order valence-electron chi connectivity index (χ3n) is 4.48. The maximum atomic E-state index is 13.1. The molecule has 2 aromatic heterocycles. The predicted molar refractivity (Wildman–Crippen MR) is 88.3 cm³/mol. The van der Waals surface area contributed by atoms with E-state index in [0.717, 1.165) is 12.8 Å². The number of nitrogens with zero attached hydrogens (tertiary/aromatic N) is 3. The Bertz CT molecular complexity index is 919. The van der Waals surface area contributed by atoms with Crippen molar-refractivity contribution in [3.63, 3.8) is 0 Å². The average molecular weight is 358 g/mol.